The van der Waals surface area contributed by atoms with E-state index in [4.69, 9.17) is 0 Å². The first-order valence-electron chi connectivity index (χ1n) is 14.4. The monoisotopic (exact) mass is 468 g/mol. The largest absolute Gasteiger partial charge is 0.0654 e. The van der Waals surface area contributed by atoms with Crippen molar-refractivity contribution in [2.24, 2.45) is 0 Å². The number of aryl methyl sites for hydroxylation is 3. The first-order valence-corrected chi connectivity index (χ1v) is 14.4. The number of rotatable bonds is 9. The summed E-state index contributed by atoms with van der Waals surface area (Å²) in [7, 11) is 0. The third kappa shape index (κ3) is 3.00. The lowest BCUT2D eigenvalue weighted by Gasteiger charge is -2.24. The minimum atomic E-state index is 1.16. The first kappa shape index (κ1) is 22.1. The summed E-state index contributed by atoms with van der Waals surface area (Å²) in [6.45, 7) is 6.92. The zero-order valence-electron chi connectivity index (χ0n) is 22.1. The van der Waals surface area contributed by atoms with Gasteiger partial charge in [-0.2, -0.15) is 0 Å². The van der Waals surface area contributed by atoms with Gasteiger partial charge < -0.3 is 0 Å². The zero-order chi connectivity index (χ0) is 24.4. The maximum Gasteiger partial charge on any atom is -0.00111 e. The van der Waals surface area contributed by atoms with Gasteiger partial charge in [-0.1, -0.05) is 94.6 Å². The molecular weight excluding hydrogens is 432 g/mol. The van der Waals surface area contributed by atoms with E-state index < -0.39 is 0 Å². The Bertz CT molecular complexity index is 1590. The number of hydrogen-bond acceptors (Lipinski definition) is 0. The van der Waals surface area contributed by atoms with Gasteiger partial charge in [0.25, 0.3) is 0 Å². The van der Waals surface area contributed by atoms with E-state index in [1.807, 2.05) is 0 Å². The molecule has 0 aliphatic carbocycles. The number of benzene rings is 7. The Morgan fingerprint density at radius 3 is 0.972 bits per heavy atom. The molecule has 0 aliphatic rings. The Labute approximate surface area is 214 Å². The number of unbranched alkanes of at least 4 members (excludes halogenated alkanes) is 3. The van der Waals surface area contributed by atoms with Crippen LogP contribution in [0.3, 0.4) is 0 Å². The van der Waals surface area contributed by atoms with Gasteiger partial charge in [0.2, 0.25) is 0 Å². The van der Waals surface area contributed by atoms with Crippen LogP contribution in [0.4, 0.5) is 0 Å². The fourth-order valence-electron chi connectivity index (χ4n) is 7.13. The fraction of sp³-hybridized carbons (Fsp3) is 0.333. The van der Waals surface area contributed by atoms with Crippen LogP contribution in [0.5, 0.6) is 0 Å². The molecule has 0 fully saturated rings. The zero-order valence-corrected chi connectivity index (χ0v) is 22.1. The van der Waals surface area contributed by atoms with E-state index in [1.165, 1.54) is 120 Å². The second-order valence-corrected chi connectivity index (χ2v) is 11.2. The summed E-state index contributed by atoms with van der Waals surface area (Å²) < 4.78 is 0. The first-order chi connectivity index (χ1) is 17.7. The minimum absolute atomic E-state index is 1.16. The summed E-state index contributed by atoms with van der Waals surface area (Å²) in [5, 5.41) is 17.9. The predicted molar refractivity (Wildman–Crippen MR) is 161 cm³/mol. The molecule has 7 aromatic rings. The van der Waals surface area contributed by atoms with Gasteiger partial charge in [-0.3, -0.25) is 0 Å². The third-order valence-electron chi connectivity index (χ3n) is 8.89. The van der Waals surface area contributed by atoms with Crippen molar-refractivity contribution >= 4 is 64.6 Å². The summed E-state index contributed by atoms with van der Waals surface area (Å²) in [6, 6.07) is 22.2. The van der Waals surface area contributed by atoms with Crippen LogP contribution >= 0.6 is 0 Å². The van der Waals surface area contributed by atoms with Crippen molar-refractivity contribution in [3.63, 3.8) is 0 Å². The van der Waals surface area contributed by atoms with Crippen molar-refractivity contribution < 1.29 is 0 Å². The van der Waals surface area contributed by atoms with Gasteiger partial charge >= 0.3 is 0 Å². The highest BCUT2D eigenvalue weighted by Crippen LogP contribution is 2.50. The second kappa shape index (κ2) is 8.48. The average Bonchev–Trinajstić information content (AvgIpc) is 2.91. The molecule has 0 spiro atoms. The Kier molecular flexibility index (Phi) is 5.21. The van der Waals surface area contributed by atoms with Crippen molar-refractivity contribution in [1.29, 1.82) is 0 Å². The van der Waals surface area contributed by atoms with Crippen LogP contribution < -0.4 is 0 Å². The highest BCUT2D eigenvalue weighted by molar-refractivity contribution is 6.45. The molecule has 7 aromatic carbocycles. The highest BCUT2D eigenvalue weighted by Gasteiger charge is 2.23. The summed E-state index contributed by atoms with van der Waals surface area (Å²) in [5.41, 5.74) is 4.59. The van der Waals surface area contributed by atoms with Crippen LogP contribution in [0.2, 0.25) is 0 Å². The molecule has 0 heteroatoms. The third-order valence-corrected chi connectivity index (χ3v) is 8.89. The Morgan fingerprint density at radius 2 is 0.694 bits per heavy atom. The highest BCUT2D eigenvalue weighted by atomic mass is 14.3. The number of hydrogen-bond donors (Lipinski definition) is 0. The van der Waals surface area contributed by atoms with Crippen molar-refractivity contribution in [1.82, 2.24) is 0 Å². The maximum absolute atomic E-state index is 2.52. The fourth-order valence-corrected chi connectivity index (χ4v) is 7.13. The van der Waals surface area contributed by atoms with Crippen LogP contribution in [-0.2, 0) is 19.3 Å². The average molecular weight is 469 g/mol. The van der Waals surface area contributed by atoms with Gasteiger partial charge in [-0.05, 0) is 120 Å². The molecule has 0 radical (unpaired) electrons. The standard InChI is InChI=1S/C36H36/c1-4-7-10-22-19-25-14-17-29-24(12-9-6-3)21-27-15-18-30-23(11-8-5-2)20-26-13-16-28(22)34-31(25)35(29)33(27)36(30)32(26)34/h13-21H,4-12H2,1-3H3. The molecule has 7 rings (SSSR count). The summed E-state index contributed by atoms with van der Waals surface area (Å²) >= 11 is 0. The maximum atomic E-state index is 2.52. The van der Waals surface area contributed by atoms with Crippen LogP contribution in [0.15, 0.2) is 54.6 Å². The van der Waals surface area contributed by atoms with E-state index in [-0.39, 0.29) is 0 Å². The van der Waals surface area contributed by atoms with Gasteiger partial charge in [0, 0.05) is 0 Å². The second-order valence-electron chi connectivity index (χ2n) is 11.2. The smallest absolute Gasteiger partial charge is 0.00111 e. The quantitative estimate of drug-likeness (QED) is 0.146. The molecule has 0 atom stereocenters. The van der Waals surface area contributed by atoms with Gasteiger partial charge in [-0.15, -0.1) is 0 Å². The van der Waals surface area contributed by atoms with Crippen LogP contribution in [0, 0.1) is 0 Å². The van der Waals surface area contributed by atoms with Crippen LogP contribution in [0.1, 0.15) is 76.0 Å². The molecule has 180 valence electrons. The molecule has 0 aliphatic heterocycles. The van der Waals surface area contributed by atoms with Crippen molar-refractivity contribution in [3.05, 3.63) is 71.3 Å². The summed E-state index contributed by atoms with van der Waals surface area (Å²) in [6.07, 6.45) is 11.0. The van der Waals surface area contributed by atoms with Crippen LogP contribution in [0.25, 0.3) is 64.6 Å². The van der Waals surface area contributed by atoms with E-state index in [0.29, 0.717) is 0 Å². The lowest BCUT2D eigenvalue weighted by atomic mass is 9.79. The molecule has 36 heavy (non-hydrogen) atoms. The topological polar surface area (TPSA) is 0 Å². The minimum Gasteiger partial charge on any atom is -0.0654 e. The SMILES string of the molecule is CCCCc1cc2ccc3c(CCCC)cc4ccc5c(CCCC)cc6ccc1c1c6c5c4c3c21. The van der Waals surface area contributed by atoms with Crippen LogP contribution in [-0.4, -0.2) is 0 Å². The van der Waals surface area contributed by atoms with Gasteiger partial charge in [0.15, 0.2) is 0 Å². The predicted octanol–water partition coefficient (Wildman–Crippen LogP) is 10.9. The lowest BCUT2D eigenvalue weighted by molar-refractivity contribution is 0.799. The van der Waals surface area contributed by atoms with E-state index in [2.05, 4.69) is 75.4 Å². The van der Waals surface area contributed by atoms with E-state index in [9.17, 15) is 0 Å². The summed E-state index contributed by atoms with van der Waals surface area (Å²) in [4.78, 5) is 0. The Morgan fingerprint density at radius 1 is 0.389 bits per heavy atom. The van der Waals surface area contributed by atoms with Gasteiger partial charge in [0.1, 0.15) is 0 Å². The van der Waals surface area contributed by atoms with Crippen molar-refractivity contribution in [2.75, 3.05) is 0 Å². The lowest BCUT2D eigenvalue weighted by Crippen LogP contribution is -1.99. The molecule has 0 aromatic heterocycles. The molecule has 0 nitrogen and oxygen atoms in total. The normalized spacial score (nSPS) is 12.8. The molecular formula is C36H36. The molecule has 0 amide bonds. The summed E-state index contributed by atoms with van der Waals surface area (Å²) in [5.74, 6) is 0. The molecule has 0 saturated carbocycles. The molecule has 0 unspecified atom stereocenters. The van der Waals surface area contributed by atoms with Crippen molar-refractivity contribution in [3.8, 4) is 0 Å². The van der Waals surface area contributed by atoms with E-state index in [1.54, 1.807) is 0 Å². The van der Waals surface area contributed by atoms with E-state index >= 15 is 0 Å². The van der Waals surface area contributed by atoms with E-state index in [0.717, 1.165) is 19.3 Å². The molecule has 0 bridgehead atoms. The Balaban J connectivity index is 1.73. The van der Waals surface area contributed by atoms with Gasteiger partial charge in [0.05, 0.1) is 0 Å². The Hall–Kier alpha value is -3.12. The van der Waals surface area contributed by atoms with Crippen molar-refractivity contribution in [2.45, 2.75) is 78.6 Å². The van der Waals surface area contributed by atoms with Gasteiger partial charge in [-0.25, -0.2) is 0 Å². The molecule has 0 saturated heterocycles. The molecule has 0 heterocycles. The molecule has 0 N–H and O–H groups in total.